The first-order valence-corrected chi connectivity index (χ1v) is 14.7. The van der Waals surface area contributed by atoms with Crippen LogP contribution in [0, 0.1) is 43.7 Å². The average molecular weight is 552 g/mol. The van der Waals surface area contributed by atoms with E-state index in [1.807, 2.05) is 12.1 Å². The Morgan fingerprint density at radius 2 is 1.97 bits per heavy atom. The van der Waals surface area contributed by atoms with Gasteiger partial charge in [-0.05, 0) is 49.3 Å². The Morgan fingerprint density at radius 1 is 1.16 bits per heavy atom. The number of rotatable bonds is 7. The predicted molar refractivity (Wildman–Crippen MR) is 139 cm³/mol. The molecule has 3 aromatic rings. The number of aromatic nitrogens is 3. The first-order chi connectivity index (χ1) is 17.4. The predicted octanol–water partition coefficient (Wildman–Crippen LogP) is 2.92. The van der Waals surface area contributed by atoms with Crippen LogP contribution in [-0.2, 0) is 14.6 Å². The fraction of sp³-hybridized carbons (Fsp3) is 0.538. The van der Waals surface area contributed by atoms with Crippen LogP contribution < -0.4 is 10.5 Å². The van der Waals surface area contributed by atoms with Gasteiger partial charge in [-0.15, -0.1) is 0 Å². The van der Waals surface area contributed by atoms with Crippen LogP contribution in [0.1, 0.15) is 31.7 Å². The Labute approximate surface area is 247 Å². The van der Waals surface area contributed by atoms with Gasteiger partial charge in [0, 0.05) is 81.8 Å². The number of nitrogen functional groups attached to an aromatic ring is 1. The van der Waals surface area contributed by atoms with Gasteiger partial charge < -0.3 is 24.7 Å². The van der Waals surface area contributed by atoms with E-state index in [-0.39, 0.29) is 55.3 Å². The van der Waals surface area contributed by atoms with Gasteiger partial charge in [0.25, 0.3) is 0 Å². The van der Waals surface area contributed by atoms with Gasteiger partial charge in [0.15, 0.2) is 9.84 Å². The molecule has 6 rings (SSSR count). The van der Waals surface area contributed by atoms with Crippen molar-refractivity contribution in [1.29, 1.82) is 0 Å². The first-order valence-electron chi connectivity index (χ1n) is 12.8. The molecule has 1 saturated carbocycles. The molecule has 4 heterocycles. The summed E-state index contributed by atoms with van der Waals surface area (Å²) in [7, 11) is -2.84. The normalized spacial score (nSPS) is 25.5. The second-order valence-corrected chi connectivity index (χ2v) is 12.6. The van der Waals surface area contributed by atoms with E-state index in [1.165, 1.54) is 6.33 Å². The van der Waals surface area contributed by atoms with Crippen molar-refractivity contribution in [2.24, 2.45) is 5.92 Å². The largest absolute Gasteiger partial charge is 0.491 e. The van der Waals surface area contributed by atoms with Gasteiger partial charge in [0.05, 0.1) is 23.0 Å². The van der Waals surface area contributed by atoms with Crippen LogP contribution in [0.2, 0.25) is 0 Å². The molecular formula is C26H33ArN5O4S. The zero-order valence-corrected chi connectivity index (χ0v) is 22.3. The van der Waals surface area contributed by atoms with Crippen molar-refractivity contribution in [3.63, 3.8) is 0 Å². The maximum atomic E-state index is 11.7. The number of anilines is 1. The van der Waals surface area contributed by atoms with Crippen molar-refractivity contribution in [2.45, 2.75) is 37.8 Å². The number of sulfone groups is 1. The van der Waals surface area contributed by atoms with E-state index in [9.17, 15) is 8.42 Å². The molecule has 37 heavy (non-hydrogen) atoms. The quantitative estimate of drug-likeness (QED) is 0.477. The van der Waals surface area contributed by atoms with Gasteiger partial charge in [-0.2, -0.15) is 0 Å². The summed E-state index contributed by atoms with van der Waals surface area (Å²) < 4.78 is 37.4. The Hall–Kier alpha value is -1.43. The SMILES string of the molecule is Nc1ncnc2c1c(-c1cccc(OC[C@@H]3CCCO3)c1)cn2C1CC(CN2CCS(=O)(=O)CC2)C1.[Ar]. The minimum atomic E-state index is -2.84. The number of nitrogens with zero attached hydrogens (tertiary/aromatic N) is 4. The summed E-state index contributed by atoms with van der Waals surface area (Å²) in [6.07, 6.45) is 8.07. The second-order valence-electron chi connectivity index (χ2n) is 10.3. The molecule has 0 bridgehead atoms. The minimum Gasteiger partial charge on any atom is -0.491 e. The summed E-state index contributed by atoms with van der Waals surface area (Å²) >= 11 is 0. The standard InChI is InChI=1S/C26H33N5O4S.Ar/c27-25-24-23(19-3-1-4-21(13-19)35-16-22-5-2-8-34-22)15-31(26(24)29-17-28-25)20-11-18(12-20)14-30-6-9-36(32,33)10-7-30;/h1,3-4,13,15,17-18,20,22H,2,5-12,14,16H2,(H2,27,28,29);/t18?,20?,22-;/m0./s1. The van der Waals surface area contributed by atoms with Crippen molar-refractivity contribution >= 4 is 26.7 Å². The van der Waals surface area contributed by atoms with Gasteiger partial charge in [-0.1, -0.05) is 12.1 Å². The molecule has 2 saturated heterocycles. The number of ether oxygens (including phenoxy) is 2. The summed E-state index contributed by atoms with van der Waals surface area (Å²) in [4.78, 5) is 11.2. The molecule has 2 N–H and O–H groups in total. The summed E-state index contributed by atoms with van der Waals surface area (Å²) in [5, 5.41) is 0.874. The number of benzene rings is 1. The van der Waals surface area contributed by atoms with Crippen molar-refractivity contribution in [3.05, 3.63) is 36.8 Å². The van der Waals surface area contributed by atoms with Gasteiger partial charge in [0.1, 0.15) is 30.1 Å². The molecule has 0 amide bonds. The van der Waals surface area contributed by atoms with Crippen LogP contribution in [0.3, 0.4) is 0 Å². The molecule has 1 atom stereocenters. The van der Waals surface area contributed by atoms with Gasteiger partial charge in [0.2, 0.25) is 0 Å². The smallest absolute Gasteiger partial charge is 0.152 e. The molecule has 200 valence electrons. The molecule has 2 aliphatic heterocycles. The van der Waals surface area contributed by atoms with E-state index in [2.05, 4.69) is 37.8 Å². The summed E-state index contributed by atoms with van der Waals surface area (Å²) in [6.45, 7) is 3.63. The molecule has 1 aromatic carbocycles. The fourth-order valence-electron chi connectivity index (χ4n) is 5.70. The van der Waals surface area contributed by atoms with Crippen molar-refractivity contribution in [3.8, 4) is 16.9 Å². The third kappa shape index (κ3) is 5.94. The number of nitrogens with two attached hydrogens (primary N) is 1. The molecule has 2 aromatic heterocycles. The summed E-state index contributed by atoms with van der Waals surface area (Å²) in [5.74, 6) is 2.41. The molecule has 1 aliphatic carbocycles. The Balaban J connectivity index is 0.00000280. The fourth-order valence-corrected chi connectivity index (χ4v) is 6.98. The van der Waals surface area contributed by atoms with Crippen LogP contribution in [0.25, 0.3) is 22.2 Å². The third-order valence-electron chi connectivity index (χ3n) is 7.80. The van der Waals surface area contributed by atoms with Crippen LogP contribution >= 0.6 is 0 Å². The van der Waals surface area contributed by atoms with Crippen LogP contribution in [-0.4, -0.2) is 78.3 Å². The number of hydrogen-bond donors (Lipinski definition) is 1. The zero-order chi connectivity index (χ0) is 24.7. The van der Waals surface area contributed by atoms with Crippen LogP contribution in [0.5, 0.6) is 5.75 Å². The second kappa shape index (κ2) is 11.4. The summed E-state index contributed by atoms with van der Waals surface area (Å²) in [5.41, 5.74) is 9.24. The number of fused-ring (bicyclic) bond motifs is 1. The minimum absolute atomic E-state index is 0. The monoisotopic (exact) mass is 551 g/mol. The van der Waals surface area contributed by atoms with Crippen molar-refractivity contribution < 1.29 is 55.6 Å². The van der Waals surface area contributed by atoms with Gasteiger partial charge >= 0.3 is 0 Å². The van der Waals surface area contributed by atoms with Gasteiger partial charge in [-0.25, -0.2) is 18.4 Å². The van der Waals surface area contributed by atoms with E-state index in [0.29, 0.717) is 37.5 Å². The van der Waals surface area contributed by atoms with Crippen LogP contribution in [0.4, 0.5) is 5.82 Å². The molecule has 3 fully saturated rings. The molecule has 0 unspecified atom stereocenters. The topological polar surface area (TPSA) is 113 Å². The van der Waals surface area contributed by atoms with Gasteiger partial charge in [-0.3, -0.25) is 0 Å². The third-order valence-corrected chi connectivity index (χ3v) is 9.41. The number of hydrogen-bond acceptors (Lipinski definition) is 8. The molecule has 0 spiro atoms. The Bertz CT molecular complexity index is 1340. The first kappa shape index (κ1) is 27.1. The molecule has 11 heteroatoms. The van der Waals surface area contributed by atoms with E-state index < -0.39 is 9.84 Å². The molecule has 9 nitrogen and oxygen atoms in total. The van der Waals surface area contributed by atoms with Crippen molar-refractivity contribution in [1.82, 2.24) is 19.4 Å². The average Bonchev–Trinajstić information content (AvgIpc) is 3.50. The van der Waals surface area contributed by atoms with Crippen LogP contribution in [0.15, 0.2) is 36.8 Å². The van der Waals surface area contributed by atoms with Crippen molar-refractivity contribution in [2.75, 3.05) is 50.1 Å². The van der Waals surface area contributed by atoms with E-state index in [4.69, 9.17) is 15.2 Å². The van der Waals surface area contributed by atoms with E-state index in [0.717, 1.165) is 66.7 Å². The Kier molecular flexibility index (Phi) is 8.33. The maximum absolute atomic E-state index is 11.7. The maximum Gasteiger partial charge on any atom is 0.152 e. The zero-order valence-electron chi connectivity index (χ0n) is 20.7. The van der Waals surface area contributed by atoms with E-state index >= 15 is 0 Å². The summed E-state index contributed by atoms with van der Waals surface area (Å²) in [6, 6.07) is 8.43. The van der Waals surface area contributed by atoms with E-state index in [1.54, 1.807) is 0 Å². The molecular weight excluding hydrogens is 518 g/mol. The molecule has 0 radical (unpaired) electrons. The Morgan fingerprint density at radius 3 is 2.73 bits per heavy atom. The molecule has 3 aliphatic rings.